The summed E-state index contributed by atoms with van der Waals surface area (Å²) in [5, 5.41) is 42.9. The highest BCUT2D eigenvalue weighted by molar-refractivity contribution is 5.89. The second-order valence-corrected chi connectivity index (χ2v) is 11.8. The topological polar surface area (TPSA) is 140 Å². The van der Waals surface area contributed by atoms with Gasteiger partial charge in [-0.1, -0.05) is 45.7 Å². The zero-order valence-corrected chi connectivity index (χ0v) is 24.4. The summed E-state index contributed by atoms with van der Waals surface area (Å²) in [5.41, 5.74) is 1.14. The summed E-state index contributed by atoms with van der Waals surface area (Å²) in [6.45, 7) is 8.62. The zero-order valence-electron chi connectivity index (χ0n) is 24.4. The molecule has 2 fully saturated rings. The van der Waals surface area contributed by atoms with E-state index in [1.54, 1.807) is 30.0 Å². The summed E-state index contributed by atoms with van der Waals surface area (Å²) in [5.74, 6) is 0.322. The molecule has 9 heteroatoms. The molecule has 5 N–H and O–H groups in total. The second-order valence-electron chi connectivity index (χ2n) is 11.8. The number of rotatable bonds is 12. The number of nitrogens with zero attached hydrogens (tertiary/aromatic N) is 1. The molecule has 1 saturated carbocycles. The van der Waals surface area contributed by atoms with Crippen molar-refractivity contribution in [2.24, 2.45) is 17.8 Å². The van der Waals surface area contributed by atoms with Gasteiger partial charge in [-0.15, -0.1) is 0 Å². The molecule has 1 unspecified atom stereocenters. The number of likely N-dealkylation sites (tertiary alicyclic amines) is 1. The molecule has 0 aromatic heterocycles. The van der Waals surface area contributed by atoms with Crippen LogP contribution < -0.4 is 5.32 Å². The molecule has 1 heterocycles. The molecule has 0 spiro atoms. The maximum atomic E-state index is 13.2. The molecule has 9 nitrogen and oxygen atoms in total. The number of hydrogen-bond donors (Lipinski definition) is 5. The number of carbonyl (C=O) groups is 2. The molecule has 0 radical (unpaired) electrons. The van der Waals surface area contributed by atoms with E-state index < -0.39 is 18.1 Å². The maximum Gasteiger partial charge on any atom is 0.274 e. The minimum absolute atomic E-state index is 0.00328. The van der Waals surface area contributed by atoms with Crippen LogP contribution in [0, 0.1) is 17.8 Å². The molecule has 1 aliphatic heterocycles. The average Bonchev–Trinajstić information content (AvgIpc) is 3.37. The van der Waals surface area contributed by atoms with Gasteiger partial charge in [-0.2, -0.15) is 0 Å². The van der Waals surface area contributed by atoms with Crippen molar-refractivity contribution in [1.29, 1.82) is 0 Å². The fraction of sp³-hybridized carbons (Fsp3) is 0.677. The Kier molecular flexibility index (Phi) is 11.7. The van der Waals surface area contributed by atoms with E-state index in [1.165, 1.54) is 12.5 Å². The number of ether oxygens (including phenoxy) is 1. The van der Waals surface area contributed by atoms with Crippen LogP contribution in [0.1, 0.15) is 77.3 Å². The smallest absolute Gasteiger partial charge is 0.274 e. The van der Waals surface area contributed by atoms with Crippen molar-refractivity contribution in [3.8, 4) is 5.75 Å². The van der Waals surface area contributed by atoms with E-state index in [4.69, 9.17) is 9.84 Å². The molecule has 2 amide bonds. The molecular weight excluding hydrogens is 512 g/mol. The molecule has 3 rings (SSSR count). The third-order valence-corrected chi connectivity index (χ3v) is 8.66. The Bertz CT molecular complexity index is 1030. The Balaban J connectivity index is 1.57. The third-order valence-electron chi connectivity index (χ3n) is 8.66. The summed E-state index contributed by atoms with van der Waals surface area (Å²) in [6.07, 6.45) is 6.13. The van der Waals surface area contributed by atoms with E-state index in [0.29, 0.717) is 48.3 Å². The first-order valence-corrected chi connectivity index (χ1v) is 14.8. The Hall–Kier alpha value is -2.78. The number of phenolic OH excluding ortho intramolecular Hbond substituents is 1. The lowest BCUT2D eigenvalue weighted by Crippen LogP contribution is -2.50. The van der Waals surface area contributed by atoms with E-state index in [2.05, 4.69) is 26.1 Å². The van der Waals surface area contributed by atoms with Crippen molar-refractivity contribution in [3.63, 3.8) is 0 Å². The van der Waals surface area contributed by atoms with Crippen molar-refractivity contribution in [3.05, 3.63) is 41.3 Å². The van der Waals surface area contributed by atoms with E-state index in [9.17, 15) is 24.9 Å². The number of hydrogen-bond acceptors (Lipinski definition) is 7. The van der Waals surface area contributed by atoms with Gasteiger partial charge in [0.2, 0.25) is 11.8 Å². The number of nitrogens with one attached hydrogen (secondary N) is 1. The summed E-state index contributed by atoms with van der Waals surface area (Å²) in [4.78, 5) is 27.5. The molecule has 224 valence electrons. The summed E-state index contributed by atoms with van der Waals surface area (Å²) < 4.78 is 6.08. The van der Waals surface area contributed by atoms with Gasteiger partial charge in [0.1, 0.15) is 24.0 Å². The number of aromatic hydroxyl groups is 1. The minimum atomic E-state index is -1.40. The number of aliphatic hydroxyl groups is 3. The van der Waals surface area contributed by atoms with Crippen LogP contribution in [-0.2, 0) is 27.2 Å². The molecular formula is C31H48N2O7. The Labute approximate surface area is 238 Å². The Morgan fingerprint density at radius 2 is 1.98 bits per heavy atom. The Morgan fingerprint density at radius 1 is 1.23 bits per heavy atom. The van der Waals surface area contributed by atoms with Gasteiger partial charge in [0, 0.05) is 25.6 Å². The van der Waals surface area contributed by atoms with Crippen molar-refractivity contribution in [1.82, 2.24) is 10.2 Å². The van der Waals surface area contributed by atoms with Crippen LogP contribution in [0.25, 0.3) is 0 Å². The lowest BCUT2D eigenvalue weighted by Gasteiger charge is -2.38. The molecule has 2 aliphatic rings. The van der Waals surface area contributed by atoms with Gasteiger partial charge in [0.05, 0.1) is 6.04 Å². The maximum absolute atomic E-state index is 13.2. The van der Waals surface area contributed by atoms with E-state index >= 15 is 0 Å². The molecule has 1 aromatic rings. The minimum Gasteiger partial charge on any atom is -0.508 e. The lowest BCUT2D eigenvalue weighted by molar-refractivity contribution is -0.138. The fourth-order valence-electron chi connectivity index (χ4n) is 6.04. The number of benzene rings is 1. The van der Waals surface area contributed by atoms with Crippen molar-refractivity contribution in [2.75, 3.05) is 13.2 Å². The SMILES string of the molecule is CCC(C)[C@@H]1CC[C@@H](C)C[C@H]1O/C(O)=C/[C@H]1CCCN1C(=O)[C@H](C)NC(=O)[C@H](O)Cc1ccc(CCO)c(O)c1. The Morgan fingerprint density at radius 3 is 2.65 bits per heavy atom. The largest absolute Gasteiger partial charge is 0.508 e. The van der Waals surface area contributed by atoms with Crippen LogP contribution in [0.2, 0.25) is 0 Å². The van der Waals surface area contributed by atoms with Crippen LogP contribution in [0.5, 0.6) is 5.75 Å². The highest BCUT2D eigenvalue weighted by atomic mass is 16.6. The second kappa shape index (κ2) is 14.7. The van der Waals surface area contributed by atoms with Crippen molar-refractivity contribution in [2.45, 2.75) is 103 Å². The van der Waals surface area contributed by atoms with E-state index in [0.717, 1.165) is 25.7 Å². The fourth-order valence-corrected chi connectivity index (χ4v) is 6.04. The molecule has 0 bridgehead atoms. The van der Waals surface area contributed by atoms with Gasteiger partial charge in [-0.05, 0) is 74.0 Å². The van der Waals surface area contributed by atoms with Gasteiger partial charge < -0.3 is 35.4 Å². The zero-order chi connectivity index (χ0) is 29.4. The summed E-state index contributed by atoms with van der Waals surface area (Å²) in [6, 6.07) is 3.60. The summed E-state index contributed by atoms with van der Waals surface area (Å²) >= 11 is 0. The van der Waals surface area contributed by atoms with E-state index in [1.807, 2.05) is 0 Å². The standard InChI is InChI=1S/C31H48N2O7/c1-5-20(3)25-11-8-19(2)15-28(25)40-29(37)18-24-7-6-13-33(24)31(39)21(4)32-30(38)27(36)17-22-9-10-23(12-14-34)26(35)16-22/h9-10,16,18-21,24-25,27-28,34-37H,5-8,11-15,17H2,1-4H3,(H,32,38)/b29-18+/t19-,20?,21+,24-,25+,27-,28-/m1/s1. The molecule has 40 heavy (non-hydrogen) atoms. The van der Waals surface area contributed by atoms with Crippen molar-refractivity contribution >= 4 is 11.8 Å². The molecule has 1 aromatic carbocycles. The first kappa shape index (κ1) is 31.7. The van der Waals surface area contributed by atoms with E-state index in [-0.39, 0.29) is 42.8 Å². The predicted octanol–water partition coefficient (Wildman–Crippen LogP) is 3.59. The number of amides is 2. The van der Waals surface area contributed by atoms with Gasteiger partial charge >= 0.3 is 0 Å². The number of carbonyl (C=O) groups excluding carboxylic acids is 2. The van der Waals surface area contributed by atoms with Crippen LogP contribution in [0.15, 0.2) is 30.2 Å². The highest BCUT2D eigenvalue weighted by Gasteiger charge is 2.35. The first-order valence-electron chi connectivity index (χ1n) is 14.8. The quantitative estimate of drug-likeness (QED) is 0.246. The molecule has 1 aliphatic carbocycles. The van der Waals surface area contributed by atoms with Gasteiger partial charge in [0.25, 0.3) is 5.95 Å². The number of aliphatic hydroxyl groups excluding tert-OH is 3. The van der Waals surface area contributed by atoms with Gasteiger partial charge in [-0.3, -0.25) is 9.59 Å². The van der Waals surface area contributed by atoms with Crippen molar-refractivity contribution < 1.29 is 34.8 Å². The normalized spacial score (nSPS) is 25.8. The van der Waals surface area contributed by atoms with Crippen LogP contribution in [0.3, 0.4) is 0 Å². The van der Waals surface area contributed by atoms with Gasteiger partial charge in [-0.25, -0.2) is 0 Å². The molecule has 1 saturated heterocycles. The average molecular weight is 561 g/mol. The lowest BCUT2D eigenvalue weighted by atomic mass is 9.74. The van der Waals surface area contributed by atoms with Crippen LogP contribution in [0.4, 0.5) is 0 Å². The predicted molar refractivity (Wildman–Crippen MR) is 152 cm³/mol. The highest BCUT2D eigenvalue weighted by Crippen LogP contribution is 2.37. The van der Waals surface area contributed by atoms with Crippen LogP contribution in [-0.4, -0.2) is 74.6 Å². The number of phenols is 1. The first-order chi connectivity index (χ1) is 19.0. The van der Waals surface area contributed by atoms with Crippen LogP contribution >= 0.6 is 0 Å². The third kappa shape index (κ3) is 8.36. The monoisotopic (exact) mass is 560 g/mol. The summed E-state index contributed by atoms with van der Waals surface area (Å²) in [7, 11) is 0. The van der Waals surface area contributed by atoms with Gasteiger partial charge in [0.15, 0.2) is 0 Å². The molecule has 7 atom stereocenters.